The Kier molecular flexibility index (Phi) is 5.11. The van der Waals surface area contributed by atoms with Gasteiger partial charge in [0.15, 0.2) is 0 Å². The van der Waals surface area contributed by atoms with E-state index in [1.807, 2.05) is 4.90 Å². The molecule has 1 saturated heterocycles. The number of nitrogens with zero attached hydrogens (tertiary/aromatic N) is 1. The van der Waals surface area contributed by atoms with Gasteiger partial charge in [0.1, 0.15) is 5.82 Å². The Labute approximate surface area is 153 Å². The summed E-state index contributed by atoms with van der Waals surface area (Å²) in [4.78, 5) is 25.6. The molecule has 1 fully saturated rings. The number of rotatable bonds is 3. The van der Waals surface area contributed by atoms with Crippen molar-refractivity contribution >= 4 is 46.4 Å². The van der Waals surface area contributed by atoms with E-state index in [-0.39, 0.29) is 23.0 Å². The van der Waals surface area contributed by atoms with Gasteiger partial charge in [-0.25, -0.2) is 4.39 Å². The third-order valence-corrected chi connectivity index (χ3v) is 4.38. The molecule has 0 saturated carbocycles. The van der Waals surface area contributed by atoms with Gasteiger partial charge < -0.3 is 15.5 Å². The third kappa shape index (κ3) is 4.03. The van der Waals surface area contributed by atoms with E-state index >= 15 is 0 Å². The summed E-state index contributed by atoms with van der Waals surface area (Å²) in [6.07, 6.45) is 0. The maximum atomic E-state index is 13.1. The molecule has 0 radical (unpaired) electrons. The lowest BCUT2D eigenvalue weighted by atomic mass is 10.2. The number of nitrogens with one attached hydrogen (secondary N) is 2. The summed E-state index contributed by atoms with van der Waals surface area (Å²) in [5, 5.41) is 5.86. The van der Waals surface area contributed by atoms with Gasteiger partial charge in [0.25, 0.3) is 5.91 Å². The summed E-state index contributed by atoms with van der Waals surface area (Å²) < 4.78 is 13.1. The quantitative estimate of drug-likeness (QED) is 0.856. The third-order valence-electron chi connectivity index (χ3n) is 3.76. The largest absolute Gasteiger partial charge is 0.359 e. The fraction of sp³-hybridized carbons (Fsp3) is 0.176. The van der Waals surface area contributed by atoms with E-state index in [1.165, 1.54) is 6.07 Å². The van der Waals surface area contributed by atoms with Crippen molar-refractivity contribution in [3.8, 4) is 0 Å². The van der Waals surface area contributed by atoms with Crippen LogP contribution in [0, 0.1) is 5.82 Å². The number of carbonyl (C=O) groups is 2. The number of hydrogen-bond donors (Lipinski definition) is 2. The lowest BCUT2D eigenvalue weighted by Crippen LogP contribution is -2.47. The predicted octanol–water partition coefficient (Wildman–Crippen LogP) is 3.32. The first kappa shape index (κ1) is 17.5. The molecule has 3 rings (SSSR count). The van der Waals surface area contributed by atoms with Crippen LogP contribution < -0.4 is 15.5 Å². The Balaban J connectivity index is 1.76. The molecule has 0 unspecified atom stereocenters. The molecule has 130 valence electrons. The van der Waals surface area contributed by atoms with Crippen molar-refractivity contribution in [3.63, 3.8) is 0 Å². The van der Waals surface area contributed by atoms with E-state index in [9.17, 15) is 14.0 Å². The highest BCUT2D eigenvalue weighted by Gasteiger charge is 2.19. The molecule has 0 aliphatic carbocycles. The van der Waals surface area contributed by atoms with Crippen molar-refractivity contribution in [1.82, 2.24) is 5.32 Å². The van der Waals surface area contributed by atoms with Crippen molar-refractivity contribution in [2.24, 2.45) is 0 Å². The zero-order valence-electron chi connectivity index (χ0n) is 13.0. The molecule has 0 spiro atoms. The minimum atomic E-state index is -0.514. The summed E-state index contributed by atoms with van der Waals surface area (Å²) in [6, 6.07) is 8.58. The highest BCUT2D eigenvalue weighted by Crippen LogP contribution is 2.29. The molecule has 1 aliphatic heterocycles. The molecule has 5 nitrogen and oxygen atoms in total. The van der Waals surface area contributed by atoms with Gasteiger partial charge in [-0.15, -0.1) is 0 Å². The number of piperazine rings is 1. The minimum absolute atomic E-state index is 0.0274. The Morgan fingerprint density at radius 1 is 1.16 bits per heavy atom. The predicted molar refractivity (Wildman–Crippen MR) is 96.0 cm³/mol. The van der Waals surface area contributed by atoms with Crippen LogP contribution in [-0.4, -0.2) is 31.4 Å². The molecule has 2 amide bonds. The fourth-order valence-electron chi connectivity index (χ4n) is 2.56. The molecule has 1 aliphatic rings. The smallest absolute Gasteiger partial charge is 0.257 e. The van der Waals surface area contributed by atoms with Crippen LogP contribution >= 0.6 is 23.2 Å². The molecule has 1 heterocycles. The fourth-order valence-corrected chi connectivity index (χ4v) is 3.11. The van der Waals surface area contributed by atoms with Gasteiger partial charge in [-0.1, -0.05) is 23.2 Å². The molecular formula is C17H14Cl2FN3O2. The topological polar surface area (TPSA) is 61.4 Å². The zero-order chi connectivity index (χ0) is 18.0. The van der Waals surface area contributed by atoms with Gasteiger partial charge in [0, 0.05) is 18.8 Å². The van der Waals surface area contributed by atoms with E-state index in [0.717, 1.165) is 12.1 Å². The average molecular weight is 382 g/mol. The normalized spacial score (nSPS) is 14.2. The SMILES string of the molecule is O=C1CN(c2ccc(NC(=O)c3ccc(F)cc3Cl)cc2Cl)CCN1. The number of carbonyl (C=O) groups excluding carboxylic acids is 2. The second-order valence-corrected chi connectivity index (χ2v) is 6.33. The first-order valence-corrected chi connectivity index (χ1v) is 8.27. The lowest BCUT2D eigenvalue weighted by Gasteiger charge is -2.29. The van der Waals surface area contributed by atoms with Crippen LogP contribution in [0.15, 0.2) is 36.4 Å². The highest BCUT2D eigenvalue weighted by atomic mass is 35.5. The molecule has 8 heteroatoms. The number of anilines is 2. The molecule has 0 bridgehead atoms. The number of amides is 2. The van der Waals surface area contributed by atoms with Gasteiger partial charge in [-0.3, -0.25) is 9.59 Å². The molecule has 2 N–H and O–H groups in total. The van der Waals surface area contributed by atoms with E-state index < -0.39 is 11.7 Å². The first-order chi connectivity index (χ1) is 11.9. The Morgan fingerprint density at radius 2 is 1.96 bits per heavy atom. The van der Waals surface area contributed by atoms with Crippen LogP contribution in [-0.2, 0) is 4.79 Å². The van der Waals surface area contributed by atoms with E-state index in [2.05, 4.69) is 10.6 Å². The maximum Gasteiger partial charge on any atom is 0.257 e. The average Bonchev–Trinajstić information content (AvgIpc) is 2.54. The zero-order valence-corrected chi connectivity index (χ0v) is 14.5. The lowest BCUT2D eigenvalue weighted by molar-refractivity contribution is -0.120. The van der Waals surface area contributed by atoms with Gasteiger partial charge in [-0.2, -0.15) is 0 Å². The number of hydrogen-bond acceptors (Lipinski definition) is 3. The van der Waals surface area contributed by atoms with Crippen LogP contribution in [0.5, 0.6) is 0 Å². The van der Waals surface area contributed by atoms with Crippen LogP contribution in [0.1, 0.15) is 10.4 Å². The Morgan fingerprint density at radius 3 is 2.64 bits per heavy atom. The van der Waals surface area contributed by atoms with Gasteiger partial charge in [0.2, 0.25) is 5.91 Å². The molecular weight excluding hydrogens is 368 g/mol. The summed E-state index contributed by atoms with van der Waals surface area (Å²) in [5.41, 5.74) is 1.35. The first-order valence-electron chi connectivity index (χ1n) is 7.51. The van der Waals surface area contributed by atoms with Crippen LogP contribution in [0.3, 0.4) is 0 Å². The second-order valence-electron chi connectivity index (χ2n) is 5.52. The molecule has 2 aromatic rings. The van der Waals surface area contributed by atoms with E-state index in [0.29, 0.717) is 29.5 Å². The maximum absolute atomic E-state index is 13.1. The summed E-state index contributed by atoms with van der Waals surface area (Å²) >= 11 is 12.2. The summed E-state index contributed by atoms with van der Waals surface area (Å²) in [6.45, 7) is 1.44. The molecule has 0 atom stereocenters. The monoisotopic (exact) mass is 381 g/mol. The van der Waals surface area contributed by atoms with Crippen molar-refractivity contribution in [2.75, 3.05) is 29.9 Å². The standard InChI is InChI=1S/C17H14Cl2FN3O2/c18-13-7-10(20)1-3-12(13)17(25)22-11-2-4-15(14(19)8-11)23-6-5-21-16(24)9-23/h1-4,7-8H,5-6,9H2,(H,21,24)(H,22,25). The minimum Gasteiger partial charge on any atom is -0.359 e. The summed E-state index contributed by atoms with van der Waals surface area (Å²) in [5.74, 6) is -1.05. The molecule has 0 aromatic heterocycles. The van der Waals surface area contributed by atoms with E-state index in [1.54, 1.807) is 18.2 Å². The Bertz CT molecular complexity index is 845. The highest BCUT2D eigenvalue weighted by molar-refractivity contribution is 6.35. The van der Waals surface area contributed by atoms with Crippen molar-refractivity contribution in [3.05, 3.63) is 57.8 Å². The summed E-state index contributed by atoms with van der Waals surface area (Å²) in [7, 11) is 0. The van der Waals surface area contributed by atoms with Gasteiger partial charge >= 0.3 is 0 Å². The van der Waals surface area contributed by atoms with Gasteiger partial charge in [0.05, 0.1) is 27.8 Å². The molecule has 2 aromatic carbocycles. The van der Waals surface area contributed by atoms with Crippen molar-refractivity contribution in [1.29, 1.82) is 0 Å². The van der Waals surface area contributed by atoms with Gasteiger partial charge in [-0.05, 0) is 36.4 Å². The second kappa shape index (κ2) is 7.29. The van der Waals surface area contributed by atoms with Crippen LogP contribution in [0.2, 0.25) is 10.0 Å². The van der Waals surface area contributed by atoms with Crippen molar-refractivity contribution in [2.45, 2.75) is 0 Å². The van der Waals surface area contributed by atoms with E-state index in [4.69, 9.17) is 23.2 Å². The van der Waals surface area contributed by atoms with Crippen LogP contribution in [0.25, 0.3) is 0 Å². The molecule has 25 heavy (non-hydrogen) atoms. The number of halogens is 3. The Hall–Kier alpha value is -2.31. The van der Waals surface area contributed by atoms with Crippen LogP contribution in [0.4, 0.5) is 15.8 Å². The number of benzene rings is 2. The van der Waals surface area contributed by atoms with Crippen molar-refractivity contribution < 1.29 is 14.0 Å².